The van der Waals surface area contributed by atoms with Crippen molar-refractivity contribution < 1.29 is 17.9 Å². The highest BCUT2D eigenvalue weighted by Crippen LogP contribution is 2.22. The molecular formula is C15H13N3O4S. The smallest absolute Gasteiger partial charge is 0.357 e. The minimum atomic E-state index is -3.81. The van der Waals surface area contributed by atoms with Gasteiger partial charge in [0.1, 0.15) is 6.33 Å². The molecular weight excluding hydrogens is 318 g/mol. The minimum absolute atomic E-state index is 0.0235. The SMILES string of the molecule is COC(=O)c1ncnc2c1ccn2S(=O)(=O)c1ccc(C)cc1. The lowest BCUT2D eigenvalue weighted by molar-refractivity contribution is 0.0596. The molecule has 3 rings (SSSR count). The van der Waals surface area contributed by atoms with Gasteiger partial charge in [-0.2, -0.15) is 0 Å². The topological polar surface area (TPSA) is 91.2 Å². The maximum Gasteiger partial charge on any atom is 0.357 e. The second-order valence-corrected chi connectivity index (χ2v) is 6.70. The number of benzene rings is 1. The van der Waals surface area contributed by atoms with Crippen LogP contribution in [-0.2, 0) is 14.8 Å². The van der Waals surface area contributed by atoms with E-state index in [0.29, 0.717) is 5.39 Å². The molecule has 118 valence electrons. The fourth-order valence-corrected chi connectivity index (χ4v) is 3.51. The molecule has 2 heterocycles. The number of hydrogen-bond donors (Lipinski definition) is 0. The summed E-state index contributed by atoms with van der Waals surface area (Å²) in [6.45, 7) is 1.87. The van der Waals surface area contributed by atoms with Gasteiger partial charge in [-0.1, -0.05) is 17.7 Å². The molecule has 0 aliphatic carbocycles. The maximum atomic E-state index is 12.8. The van der Waals surface area contributed by atoms with Crippen molar-refractivity contribution in [3.63, 3.8) is 0 Å². The van der Waals surface area contributed by atoms with Crippen LogP contribution in [0.25, 0.3) is 11.0 Å². The summed E-state index contributed by atoms with van der Waals surface area (Å²) in [4.78, 5) is 19.7. The predicted octanol–water partition coefficient (Wildman–Crippen LogP) is 1.76. The Balaban J connectivity index is 2.21. The van der Waals surface area contributed by atoms with Crippen LogP contribution in [0.1, 0.15) is 16.1 Å². The molecule has 3 aromatic rings. The monoisotopic (exact) mass is 331 g/mol. The van der Waals surface area contributed by atoms with Crippen molar-refractivity contribution >= 4 is 27.0 Å². The van der Waals surface area contributed by atoms with Gasteiger partial charge in [0, 0.05) is 6.20 Å². The van der Waals surface area contributed by atoms with Crippen LogP contribution >= 0.6 is 0 Å². The number of aryl methyl sites for hydroxylation is 1. The number of methoxy groups -OCH3 is 1. The summed E-state index contributed by atoms with van der Waals surface area (Å²) in [5.41, 5.74) is 1.10. The molecule has 1 aromatic carbocycles. The zero-order valence-electron chi connectivity index (χ0n) is 12.4. The van der Waals surface area contributed by atoms with Gasteiger partial charge in [0.2, 0.25) is 0 Å². The van der Waals surface area contributed by atoms with Crippen molar-refractivity contribution in [1.29, 1.82) is 0 Å². The lowest BCUT2D eigenvalue weighted by Crippen LogP contribution is -2.13. The molecule has 0 aliphatic rings. The number of carbonyl (C=O) groups is 1. The molecule has 0 saturated heterocycles. The van der Waals surface area contributed by atoms with Gasteiger partial charge in [0.15, 0.2) is 11.3 Å². The Hall–Kier alpha value is -2.74. The molecule has 2 aromatic heterocycles. The average Bonchev–Trinajstić information content (AvgIpc) is 2.99. The summed E-state index contributed by atoms with van der Waals surface area (Å²) >= 11 is 0. The zero-order chi connectivity index (χ0) is 16.6. The Morgan fingerprint density at radius 3 is 2.48 bits per heavy atom. The van der Waals surface area contributed by atoms with E-state index >= 15 is 0 Å². The molecule has 0 N–H and O–H groups in total. The van der Waals surface area contributed by atoms with Crippen LogP contribution in [0, 0.1) is 6.92 Å². The number of esters is 1. The van der Waals surface area contributed by atoms with E-state index in [4.69, 9.17) is 0 Å². The Kier molecular flexibility index (Phi) is 3.61. The summed E-state index contributed by atoms with van der Waals surface area (Å²) in [5, 5.41) is 0.315. The number of hydrogen-bond acceptors (Lipinski definition) is 6. The Morgan fingerprint density at radius 1 is 1.13 bits per heavy atom. The van der Waals surface area contributed by atoms with Crippen LogP contribution in [0.4, 0.5) is 0 Å². The van der Waals surface area contributed by atoms with E-state index < -0.39 is 16.0 Å². The van der Waals surface area contributed by atoms with Crippen LogP contribution in [0.2, 0.25) is 0 Å². The molecule has 0 radical (unpaired) electrons. The number of rotatable bonds is 3. The minimum Gasteiger partial charge on any atom is -0.464 e. The molecule has 0 bridgehead atoms. The molecule has 0 spiro atoms. The number of nitrogens with zero attached hydrogens (tertiary/aromatic N) is 3. The van der Waals surface area contributed by atoms with Crippen molar-refractivity contribution in [2.45, 2.75) is 11.8 Å². The predicted molar refractivity (Wildman–Crippen MR) is 82.6 cm³/mol. The van der Waals surface area contributed by atoms with Crippen LogP contribution in [0.3, 0.4) is 0 Å². The first-order valence-corrected chi connectivity index (χ1v) is 8.12. The third-order valence-electron chi connectivity index (χ3n) is 3.40. The van der Waals surface area contributed by atoms with Gasteiger partial charge < -0.3 is 4.74 Å². The lowest BCUT2D eigenvalue weighted by Gasteiger charge is -2.07. The van der Waals surface area contributed by atoms with Crippen molar-refractivity contribution in [2.24, 2.45) is 0 Å². The summed E-state index contributed by atoms with van der Waals surface area (Å²) in [7, 11) is -2.58. The molecule has 7 nitrogen and oxygen atoms in total. The maximum absolute atomic E-state index is 12.8. The summed E-state index contributed by atoms with van der Waals surface area (Å²) in [6, 6.07) is 7.96. The first kappa shape index (κ1) is 15.2. The van der Waals surface area contributed by atoms with Crippen LogP contribution in [0.5, 0.6) is 0 Å². The highest BCUT2D eigenvalue weighted by Gasteiger charge is 2.22. The van der Waals surface area contributed by atoms with Crippen LogP contribution < -0.4 is 0 Å². The Labute approximate surface area is 132 Å². The van der Waals surface area contributed by atoms with Crippen LogP contribution in [0.15, 0.2) is 47.8 Å². The molecule has 0 fully saturated rings. The number of ether oxygens (including phenoxy) is 1. The molecule has 0 aliphatic heterocycles. The van der Waals surface area contributed by atoms with Gasteiger partial charge in [-0.15, -0.1) is 0 Å². The largest absolute Gasteiger partial charge is 0.464 e. The van der Waals surface area contributed by atoms with Gasteiger partial charge in [0.05, 0.1) is 17.4 Å². The van der Waals surface area contributed by atoms with Crippen LogP contribution in [-0.4, -0.2) is 35.4 Å². The van der Waals surface area contributed by atoms with Gasteiger partial charge in [-0.3, -0.25) is 0 Å². The molecule has 8 heteroatoms. The van der Waals surface area contributed by atoms with Crippen molar-refractivity contribution in [3.8, 4) is 0 Å². The van der Waals surface area contributed by atoms with Gasteiger partial charge in [-0.25, -0.2) is 27.2 Å². The highest BCUT2D eigenvalue weighted by molar-refractivity contribution is 7.90. The molecule has 0 amide bonds. The zero-order valence-corrected chi connectivity index (χ0v) is 13.2. The standard InChI is InChI=1S/C15H13N3O4S/c1-10-3-5-11(6-4-10)23(20,21)18-8-7-12-13(15(19)22-2)16-9-17-14(12)18/h3-9H,1-2H3. The number of carbonyl (C=O) groups excluding carboxylic acids is 1. The second kappa shape index (κ2) is 5.47. The van der Waals surface area contributed by atoms with E-state index in [9.17, 15) is 13.2 Å². The van der Waals surface area contributed by atoms with Crippen molar-refractivity contribution in [3.05, 3.63) is 54.1 Å². The quantitative estimate of drug-likeness (QED) is 0.679. The lowest BCUT2D eigenvalue weighted by atomic mass is 10.2. The fraction of sp³-hybridized carbons (Fsp3) is 0.133. The average molecular weight is 331 g/mol. The van der Waals surface area contributed by atoms with E-state index in [1.54, 1.807) is 12.1 Å². The van der Waals surface area contributed by atoms with E-state index in [1.807, 2.05) is 6.92 Å². The van der Waals surface area contributed by atoms with E-state index in [-0.39, 0.29) is 16.2 Å². The van der Waals surface area contributed by atoms with Gasteiger partial charge >= 0.3 is 5.97 Å². The number of fused-ring (bicyclic) bond motifs is 1. The molecule has 0 unspecified atom stereocenters. The third kappa shape index (κ3) is 2.46. The Bertz CT molecular complexity index is 991. The van der Waals surface area contributed by atoms with E-state index in [2.05, 4.69) is 14.7 Å². The van der Waals surface area contributed by atoms with Crippen molar-refractivity contribution in [1.82, 2.24) is 13.9 Å². The first-order valence-electron chi connectivity index (χ1n) is 6.68. The summed E-state index contributed by atoms with van der Waals surface area (Å²) in [6.07, 6.45) is 2.48. The van der Waals surface area contributed by atoms with Crippen molar-refractivity contribution in [2.75, 3.05) is 7.11 Å². The molecule has 0 atom stereocenters. The fourth-order valence-electron chi connectivity index (χ4n) is 2.21. The van der Waals surface area contributed by atoms with E-state index in [1.165, 1.54) is 31.5 Å². The first-order chi connectivity index (χ1) is 10.9. The highest BCUT2D eigenvalue weighted by atomic mass is 32.2. The number of aromatic nitrogens is 3. The molecule has 0 saturated carbocycles. The molecule has 23 heavy (non-hydrogen) atoms. The summed E-state index contributed by atoms with van der Waals surface area (Å²) < 4.78 is 31.2. The third-order valence-corrected chi connectivity index (χ3v) is 5.09. The summed E-state index contributed by atoms with van der Waals surface area (Å²) in [5.74, 6) is -0.650. The van der Waals surface area contributed by atoms with E-state index in [0.717, 1.165) is 15.9 Å². The van der Waals surface area contributed by atoms with Gasteiger partial charge in [0.25, 0.3) is 10.0 Å². The normalized spacial score (nSPS) is 11.6. The van der Waals surface area contributed by atoms with Gasteiger partial charge in [-0.05, 0) is 25.1 Å². The Morgan fingerprint density at radius 2 is 1.83 bits per heavy atom. The second-order valence-electron chi connectivity index (χ2n) is 4.88.